The normalized spacial score (nSPS) is 11.0. The first-order chi connectivity index (χ1) is 9.30. The van der Waals surface area contributed by atoms with Crippen LogP contribution in [0.1, 0.15) is 30.6 Å². The largest absolute Gasteiger partial charge is 0.496 e. The fourth-order valence-corrected chi connectivity index (χ4v) is 2.13. The number of alkyl halides is 1. The Morgan fingerprint density at radius 2 is 2.15 bits per heavy atom. The van der Waals surface area contributed by atoms with Crippen LogP contribution in [0, 0.1) is 10.1 Å². The van der Waals surface area contributed by atoms with Crippen LogP contribution in [0.4, 0.5) is 5.69 Å². The number of hydrogen-bond acceptors (Lipinski definition) is 4. The topological polar surface area (TPSA) is 81.5 Å². The van der Waals surface area contributed by atoms with E-state index < -0.39 is 10.5 Å². The van der Waals surface area contributed by atoms with E-state index in [0.717, 1.165) is 0 Å². The molecule has 0 fully saturated rings. The Bertz CT molecular complexity index is 517. The van der Waals surface area contributed by atoms with Crippen molar-refractivity contribution < 1.29 is 14.5 Å². The predicted octanol–water partition coefficient (Wildman–Crippen LogP) is 2.74. The fraction of sp³-hybridized carbons (Fsp3) is 0.462. The summed E-state index contributed by atoms with van der Waals surface area (Å²) in [5.74, 6) is 0.232. The third kappa shape index (κ3) is 4.09. The molecule has 0 unspecified atom stereocenters. The van der Waals surface area contributed by atoms with Gasteiger partial charge in [-0.25, -0.2) is 0 Å². The van der Waals surface area contributed by atoms with E-state index in [2.05, 4.69) is 5.32 Å². The number of carbonyl (C=O) groups is 1. The number of non-ortho nitro benzene ring substituents is 1. The van der Waals surface area contributed by atoms with Crippen molar-refractivity contribution in [3.05, 3.63) is 33.9 Å². The maximum absolute atomic E-state index is 12.2. The van der Waals surface area contributed by atoms with Gasteiger partial charge in [-0.15, -0.1) is 11.6 Å². The standard InChI is InChI=1S/C13H17ClN2O4/c1-13(2,6-7-14)15-12(17)10-5-4-9(16(18)19)8-11(10)20-3/h4-5,8H,6-7H2,1-3H3,(H,15,17). The van der Waals surface area contributed by atoms with E-state index in [1.165, 1.54) is 25.3 Å². The third-order valence-electron chi connectivity index (χ3n) is 2.81. The first-order valence-electron chi connectivity index (χ1n) is 6.01. The third-order valence-corrected chi connectivity index (χ3v) is 3.00. The van der Waals surface area contributed by atoms with Crippen molar-refractivity contribution in [2.75, 3.05) is 13.0 Å². The van der Waals surface area contributed by atoms with E-state index in [9.17, 15) is 14.9 Å². The van der Waals surface area contributed by atoms with Crippen molar-refractivity contribution in [3.8, 4) is 5.75 Å². The fourth-order valence-electron chi connectivity index (χ4n) is 1.65. The van der Waals surface area contributed by atoms with Crippen LogP contribution in [0.25, 0.3) is 0 Å². The molecule has 1 rings (SSSR count). The number of carbonyl (C=O) groups excluding carboxylic acids is 1. The molecule has 0 saturated carbocycles. The van der Waals surface area contributed by atoms with Crippen molar-refractivity contribution in [2.45, 2.75) is 25.8 Å². The van der Waals surface area contributed by atoms with Gasteiger partial charge in [-0.05, 0) is 26.3 Å². The number of benzene rings is 1. The molecule has 20 heavy (non-hydrogen) atoms. The summed E-state index contributed by atoms with van der Waals surface area (Å²) in [5.41, 5.74) is -0.342. The number of nitro groups is 1. The minimum absolute atomic E-state index is 0.126. The highest BCUT2D eigenvalue weighted by molar-refractivity contribution is 6.17. The number of nitrogens with one attached hydrogen (secondary N) is 1. The summed E-state index contributed by atoms with van der Waals surface area (Å²) in [5, 5.41) is 13.5. The van der Waals surface area contributed by atoms with Crippen LogP contribution in [0.3, 0.4) is 0 Å². The average Bonchev–Trinajstić information content (AvgIpc) is 2.36. The lowest BCUT2D eigenvalue weighted by molar-refractivity contribution is -0.384. The lowest BCUT2D eigenvalue weighted by Gasteiger charge is -2.25. The van der Waals surface area contributed by atoms with Crippen molar-refractivity contribution in [1.29, 1.82) is 0 Å². The molecular formula is C13H17ClN2O4. The summed E-state index contributed by atoms with van der Waals surface area (Å²) in [4.78, 5) is 22.4. The first kappa shape index (κ1) is 16.2. The predicted molar refractivity (Wildman–Crippen MR) is 76.5 cm³/mol. The van der Waals surface area contributed by atoms with E-state index in [1.807, 2.05) is 13.8 Å². The van der Waals surface area contributed by atoms with Crippen LogP contribution in [-0.2, 0) is 0 Å². The molecule has 0 aromatic heterocycles. The zero-order chi connectivity index (χ0) is 15.3. The highest BCUT2D eigenvalue weighted by atomic mass is 35.5. The second kappa shape index (κ2) is 6.56. The maximum atomic E-state index is 12.2. The summed E-state index contributed by atoms with van der Waals surface area (Å²) in [6.07, 6.45) is 0.607. The van der Waals surface area contributed by atoms with E-state index in [4.69, 9.17) is 16.3 Å². The summed E-state index contributed by atoms with van der Waals surface area (Å²) >= 11 is 5.68. The number of rotatable bonds is 6. The maximum Gasteiger partial charge on any atom is 0.273 e. The number of amides is 1. The van der Waals surface area contributed by atoms with E-state index in [1.54, 1.807) is 0 Å². The smallest absolute Gasteiger partial charge is 0.273 e. The van der Waals surface area contributed by atoms with Gasteiger partial charge in [-0.1, -0.05) is 0 Å². The van der Waals surface area contributed by atoms with Gasteiger partial charge in [0.2, 0.25) is 0 Å². The van der Waals surface area contributed by atoms with Gasteiger partial charge in [0.05, 0.1) is 23.7 Å². The van der Waals surface area contributed by atoms with Crippen LogP contribution >= 0.6 is 11.6 Å². The molecule has 0 radical (unpaired) electrons. The zero-order valence-corrected chi connectivity index (χ0v) is 12.4. The highest BCUT2D eigenvalue weighted by Crippen LogP contribution is 2.25. The van der Waals surface area contributed by atoms with E-state index in [-0.39, 0.29) is 22.9 Å². The van der Waals surface area contributed by atoms with Crippen LogP contribution in [0.2, 0.25) is 0 Å². The molecule has 1 aromatic carbocycles. The van der Waals surface area contributed by atoms with Gasteiger partial charge in [0.25, 0.3) is 11.6 Å². The van der Waals surface area contributed by atoms with Gasteiger partial charge in [-0.2, -0.15) is 0 Å². The molecule has 1 N–H and O–H groups in total. The number of hydrogen-bond donors (Lipinski definition) is 1. The number of methoxy groups -OCH3 is 1. The molecule has 0 bridgehead atoms. The van der Waals surface area contributed by atoms with Gasteiger partial charge in [-0.3, -0.25) is 14.9 Å². The average molecular weight is 301 g/mol. The molecule has 0 atom stereocenters. The summed E-state index contributed by atoms with van der Waals surface area (Å²) in [7, 11) is 1.36. The Labute approximate surface area is 122 Å². The molecule has 6 nitrogen and oxygen atoms in total. The Hall–Kier alpha value is -1.82. The quantitative estimate of drug-likeness (QED) is 0.497. The Morgan fingerprint density at radius 1 is 1.50 bits per heavy atom. The second-order valence-corrected chi connectivity index (χ2v) is 5.30. The number of nitro benzene ring substituents is 1. The minimum atomic E-state index is -0.540. The monoisotopic (exact) mass is 300 g/mol. The van der Waals surface area contributed by atoms with Gasteiger partial charge in [0.1, 0.15) is 5.75 Å². The molecule has 0 heterocycles. The Kier molecular flexibility index (Phi) is 5.33. The molecule has 0 saturated heterocycles. The van der Waals surface area contributed by atoms with E-state index >= 15 is 0 Å². The Balaban J connectivity index is 3.01. The number of halogens is 1. The lowest BCUT2D eigenvalue weighted by Crippen LogP contribution is -2.43. The molecule has 0 aliphatic heterocycles. The molecule has 0 spiro atoms. The van der Waals surface area contributed by atoms with Crippen LogP contribution in [0.5, 0.6) is 5.75 Å². The number of ether oxygens (including phenoxy) is 1. The summed E-state index contributed by atoms with van der Waals surface area (Å²) < 4.78 is 5.04. The van der Waals surface area contributed by atoms with Crippen molar-refractivity contribution in [3.63, 3.8) is 0 Å². The molecule has 7 heteroatoms. The van der Waals surface area contributed by atoms with Crippen LogP contribution in [0.15, 0.2) is 18.2 Å². The number of nitrogens with zero attached hydrogens (tertiary/aromatic N) is 1. The highest BCUT2D eigenvalue weighted by Gasteiger charge is 2.23. The van der Waals surface area contributed by atoms with Gasteiger partial charge < -0.3 is 10.1 Å². The van der Waals surface area contributed by atoms with Crippen LogP contribution in [-0.4, -0.2) is 29.4 Å². The molecule has 0 aliphatic rings. The second-order valence-electron chi connectivity index (χ2n) is 4.92. The SMILES string of the molecule is COc1cc([N+](=O)[O-])ccc1C(=O)NC(C)(C)CCCl. The van der Waals surface area contributed by atoms with Crippen molar-refractivity contribution in [2.24, 2.45) is 0 Å². The molecule has 0 aliphatic carbocycles. The van der Waals surface area contributed by atoms with E-state index in [0.29, 0.717) is 12.3 Å². The molecule has 1 aromatic rings. The zero-order valence-electron chi connectivity index (χ0n) is 11.6. The molecule has 1 amide bonds. The molecular weight excluding hydrogens is 284 g/mol. The van der Waals surface area contributed by atoms with Crippen molar-refractivity contribution >= 4 is 23.2 Å². The van der Waals surface area contributed by atoms with Gasteiger partial charge in [0, 0.05) is 17.5 Å². The van der Waals surface area contributed by atoms with Crippen LogP contribution < -0.4 is 10.1 Å². The summed E-state index contributed by atoms with van der Waals surface area (Å²) in [6, 6.07) is 3.87. The van der Waals surface area contributed by atoms with Gasteiger partial charge in [0.15, 0.2) is 0 Å². The van der Waals surface area contributed by atoms with Crippen molar-refractivity contribution in [1.82, 2.24) is 5.32 Å². The summed E-state index contributed by atoms with van der Waals surface area (Å²) in [6.45, 7) is 3.70. The first-order valence-corrected chi connectivity index (χ1v) is 6.55. The lowest BCUT2D eigenvalue weighted by atomic mass is 10.0. The van der Waals surface area contributed by atoms with Gasteiger partial charge >= 0.3 is 0 Å². The minimum Gasteiger partial charge on any atom is -0.496 e. The Morgan fingerprint density at radius 3 is 2.65 bits per heavy atom. The molecule has 110 valence electrons.